The smallest absolute Gasteiger partial charge is 0.315 e. The van der Waals surface area contributed by atoms with E-state index in [9.17, 15) is 9.59 Å². The van der Waals surface area contributed by atoms with Gasteiger partial charge in [0.05, 0.1) is 18.4 Å². The molecular weight excluding hydrogens is 224 g/mol. The first-order valence-electron chi connectivity index (χ1n) is 5.39. The number of furan rings is 1. The average molecular weight is 240 g/mol. The predicted molar refractivity (Wildman–Crippen MR) is 60.4 cm³/mol. The number of nitrogens with one attached hydrogen (secondary N) is 2. The highest BCUT2D eigenvalue weighted by Gasteiger charge is 2.15. The first-order chi connectivity index (χ1) is 8.13. The van der Waals surface area contributed by atoms with Crippen molar-refractivity contribution in [2.24, 2.45) is 5.92 Å². The molecule has 3 N–H and O–H groups in total. The van der Waals surface area contributed by atoms with Gasteiger partial charge in [0.25, 0.3) is 0 Å². The molecule has 0 radical (unpaired) electrons. The Morgan fingerprint density at radius 1 is 1.47 bits per heavy atom. The summed E-state index contributed by atoms with van der Waals surface area (Å²) >= 11 is 0. The fourth-order valence-corrected chi connectivity index (χ4v) is 1.26. The summed E-state index contributed by atoms with van der Waals surface area (Å²) < 4.78 is 4.84. The molecule has 6 heteroatoms. The van der Waals surface area contributed by atoms with Gasteiger partial charge in [0.15, 0.2) is 0 Å². The van der Waals surface area contributed by atoms with Crippen molar-refractivity contribution < 1.29 is 19.1 Å². The van der Waals surface area contributed by atoms with Crippen molar-refractivity contribution in [1.29, 1.82) is 0 Å². The van der Waals surface area contributed by atoms with Crippen LogP contribution in [-0.2, 0) is 11.3 Å². The minimum atomic E-state index is -0.900. The van der Waals surface area contributed by atoms with Crippen LogP contribution in [0.4, 0.5) is 4.79 Å². The highest BCUT2D eigenvalue weighted by atomic mass is 16.4. The minimum absolute atomic E-state index is 0.128. The Hall–Kier alpha value is -1.98. The molecule has 17 heavy (non-hydrogen) atoms. The summed E-state index contributed by atoms with van der Waals surface area (Å²) in [4.78, 5) is 22.0. The van der Waals surface area contributed by atoms with E-state index in [1.807, 2.05) is 0 Å². The number of carbonyl (C=O) groups is 2. The van der Waals surface area contributed by atoms with Gasteiger partial charge >= 0.3 is 12.0 Å². The first-order valence-corrected chi connectivity index (χ1v) is 5.39. The maximum absolute atomic E-state index is 11.3. The van der Waals surface area contributed by atoms with E-state index in [1.54, 1.807) is 13.0 Å². The molecule has 1 aromatic rings. The normalized spacial score (nSPS) is 11.8. The molecule has 0 saturated carbocycles. The Morgan fingerprint density at radius 3 is 2.76 bits per heavy atom. The first kappa shape index (κ1) is 13.1. The van der Waals surface area contributed by atoms with Gasteiger partial charge in [-0.2, -0.15) is 0 Å². The molecule has 1 rings (SSSR count). The van der Waals surface area contributed by atoms with Gasteiger partial charge in [0.1, 0.15) is 0 Å². The SMILES string of the molecule is CCC(CNC(=O)NCc1ccoc1)C(=O)O. The highest BCUT2D eigenvalue weighted by Crippen LogP contribution is 2.00. The molecule has 0 fully saturated rings. The fraction of sp³-hybridized carbons (Fsp3) is 0.455. The molecule has 6 nitrogen and oxygen atoms in total. The van der Waals surface area contributed by atoms with Gasteiger partial charge in [-0.05, 0) is 12.5 Å². The van der Waals surface area contributed by atoms with Crippen LogP contribution in [0.2, 0.25) is 0 Å². The van der Waals surface area contributed by atoms with E-state index in [4.69, 9.17) is 9.52 Å². The van der Waals surface area contributed by atoms with Gasteiger partial charge in [-0.3, -0.25) is 4.79 Å². The summed E-state index contributed by atoms with van der Waals surface area (Å²) in [7, 11) is 0. The lowest BCUT2D eigenvalue weighted by Gasteiger charge is -2.11. The van der Waals surface area contributed by atoms with E-state index in [0.29, 0.717) is 13.0 Å². The number of carbonyl (C=O) groups excluding carboxylic acids is 1. The standard InChI is InChI=1S/C11H16N2O4/c1-2-9(10(14)15)6-13-11(16)12-5-8-3-4-17-7-8/h3-4,7,9H,2,5-6H2,1H3,(H,14,15)(H2,12,13,16). The van der Waals surface area contributed by atoms with E-state index in [0.717, 1.165) is 5.56 Å². The van der Waals surface area contributed by atoms with Crippen molar-refractivity contribution in [3.05, 3.63) is 24.2 Å². The fourth-order valence-electron chi connectivity index (χ4n) is 1.26. The molecule has 0 aliphatic heterocycles. The van der Waals surface area contributed by atoms with Gasteiger partial charge in [0.2, 0.25) is 0 Å². The summed E-state index contributed by atoms with van der Waals surface area (Å²) in [5, 5.41) is 13.9. The second-order valence-electron chi connectivity index (χ2n) is 3.64. The number of hydrogen-bond donors (Lipinski definition) is 3. The second-order valence-corrected chi connectivity index (χ2v) is 3.64. The van der Waals surface area contributed by atoms with Gasteiger partial charge in [-0.1, -0.05) is 6.92 Å². The Labute approximate surface area is 99.0 Å². The molecule has 1 unspecified atom stereocenters. The minimum Gasteiger partial charge on any atom is -0.481 e. The third-order valence-corrected chi connectivity index (χ3v) is 2.38. The molecule has 0 aliphatic carbocycles. The predicted octanol–water partition coefficient (Wildman–Crippen LogP) is 1.19. The van der Waals surface area contributed by atoms with E-state index in [-0.39, 0.29) is 12.6 Å². The van der Waals surface area contributed by atoms with Crippen LogP contribution in [0.3, 0.4) is 0 Å². The molecule has 1 atom stereocenters. The van der Waals surface area contributed by atoms with Crippen LogP contribution >= 0.6 is 0 Å². The van der Waals surface area contributed by atoms with Gasteiger partial charge in [0, 0.05) is 18.7 Å². The van der Waals surface area contributed by atoms with Crippen molar-refractivity contribution in [2.45, 2.75) is 19.9 Å². The topological polar surface area (TPSA) is 91.6 Å². The molecule has 94 valence electrons. The quantitative estimate of drug-likeness (QED) is 0.696. The summed E-state index contributed by atoms with van der Waals surface area (Å²) in [6.07, 6.45) is 3.54. The monoisotopic (exact) mass is 240 g/mol. The molecule has 1 aromatic heterocycles. The van der Waals surface area contributed by atoms with Gasteiger partial charge in [-0.25, -0.2) is 4.79 Å². The van der Waals surface area contributed by atoms with Gasteiger partial charge in [-0.15, -0.1) is 0 Å². The zero-order valence-electron chi connectivity index (χ0n) is 9.60. The van der Waals surface area contributed by atoms with E-state index >= 15 is 0 Å². The van der Waals surface area contributed by atoms with Crippen LogP contribution in [0.1, 0.15) is 18.9 Å². The molecule has 0 aliphatic rings. The van der Waals surface area contributed by atoms with Crippen molar-refractivity contribution in [3.63, 3.8) is 0 Å². The Kier molecular flexibility index (Phi) is 5.06. The highest BCUT2D eigenvalue weighted by molar-refractivity contribution is 5.75. The summed E-state index contributed by atoms with van der Waals surface area (Å²) in [6.45, 7) is 2.25. The van der Waals surface area contributed by atoms with Crippen LogP contribution in [-0.4, -0.2) is 23.7 Å². The molecule has 2 amide bonds. The molecule has 0 aromatic carbocycles. The third kappa shape index (κ3) is 4.58. The van der Waals surface area contributed by atoms with Crippen molar-refractivity contribution >= 4 is 12.0 Å². The molecule has 0 saturated heterocycles. The lowest BCUT2D eigenvalue weighted by Crippen LogP contribution is -2.39. The van der Waals surface area contributed by atoms with Crippen molar-refractivity contribution in [1.82, 2.24) is 10.6 Å². The van der Waals surface area contributed by atoms with Gasteiger partial charge < -0.3 is 20.2 Å². The second kappa shape index (κ2) is 6.57. The van der Waals surface area contributed by atoms with Crippen LogP contribution in [0.15, 0.2) is 23.0 Å². The third-order valence-electron chi connectivity index (χ3n) is 2.38. The number of aliphatic carboxylic acids is 1. The van der Waals surface area contributed by atoms with Crippen LogP contribution in [0, 0.1) is 5.92 Å². The number of hydrogen-bond acceptors (Lipinski definition) is 3. The largest absolute Gasteiger partial charge is 0.481 e. The number of rotatable bonds is 6. The number of carboxylic acids is 1. The molecule has 0 spiro atoms. The number of carboxylic acid groups (broad SMARTS) is 1. The van der Waals surface area contributed by atoms with E-state index < -0.39 is 11.9 Å². The Balaban J connectivity index is 2.23. The van der Waals surface area contributed by atoms with Crippen molar-refractivity contribution in [2.75, 3.05) is 6.54 Å². The van der Waals surface area contributed by atoms with Crippen molar-refractivity contribution in [3.8, 4) is 0 Å². The Bertz CT molecular complexity index is 362. The lowest BCUT2D eigenvalue weighted by molar-refractivity contribution is -0.141. The number of urea groups is 1. The van der Waals surface area contributed by atoms with Crippen LogP contribution in [0.5, 0.6) is 0 Å². The molecule has 1 heterocycles. The maximum atomic E-state index is 11.3. The summed E-state index contributed by atoms with van der Waals surface area (Å²) in [6, 6.07) is 1.36. The number of amides is 2. The average Bonchev–Trinajstić information content (AvgIpc) is 2.79. The maximum Gasteiger partial charge on any atom is 0.315 e. The summed E-state index contributed by atoms with van der Waals surface area (Å²) in [5.41, 5.74) is 0.852. The van der Waals surface area contributed by atoms with Crippen LogP contribution < -0.4 is 10.6 Å². The van der Waals surface area contributed by atoms with Crippen LogP contribution in [0.25, 0.3) is 0 Å². The lowest BCUT2D eigenvalue weighted by atomic mass is 10.1. The molecule has 0 bridgehead atoms. The molecular formula is C11H16N2O4. The zero-order valence-corrected chi connectivity index (χ0v) is 9.60. The summed E-state index contributed by atoms with van der Waals surface area (Å²) in [5.74, 6) is -1.45. The zero-order chi connectivity index (χ0) is 12.7. The Morgan fingerprint density at radius 2 is 2.24 bits per heavy atom. The van der Waals surface area contributed by atoms with E-state index in [2.05, 4.69) is 10.6 Å². The van der Waals surface area contributed by atoms with E-state index in [1.165, 1.54) is 12.5 Å².